The van der Waals surface area contributed by atoms with Crippen LogP contribution in [0.4, 0.5) is 0 Å². The van der Waals surface area contributed by atoms with Crippen LogP contribution in [0.1, 0.15) is 32.1 Å². The summed E-state index contributed by atoms with van der Waals surface area (Å²) in [6, 6.07) is 2.07. The molecule has 102 valence electrons. The van der Waals surface area contributed by atoms with E-state index in [1.807, 2.05) is 0 Å². The molecule has 0 aromatic rings. The maximum Gasteiger partial charge on any atom is 0.225 e. The normalized spacial score (nSPS) is 16.7. The largest absolute Gasteiger partial charge is 0.383 e. The number of amides is 1. The number of hydrogen-bond acceptors (Lipinski definition) is 4. The van der Waals surface area contributed by atoms with Gasteiger partial charge < -0.3 is 14.4 Å². The molecule has 1 aliphatic carbocycles. The lowest BCUT2D eigenvalue weighted by atomic mass is 9.77. The highest BCUT2D eigenvalue weighted by molar-refractivity contribution is 5.77. The van der Waals surface area contributed by atoms with Gasteiger partial charge in [0, 0.05) is 27.3 Å². The van der Waals surface area contributed by atoms with Crippen LogP contribution in [0.5, 0.6) is 0 Å². The molecule has 1 fully saturated rings. The fourth-order valence-corrected chi connectivity index (χ4v) is 2.16. The summed E-state index contributed by atoms with van der Waals surface area (Å²) in [5.41, 5.74) is -0.255. The molecule has 0 bridgehead atoms. The van der Waals surface area contributed by atoms with Gasteiger partial charge in [-0.25, -0.2) is 0 Å². The summed E-state index contributed by atoms with van der Waals surface area (Å²) >= 11 is 0. The third-order valence-electron chi connectivity index (χ3n) is 3.58. The molecule has 0 aromatic carbocycles. The van der Waals surface area contributed by atoms with Gasteiger partial charge in [-0.15, -0.1) is 0 Å². The van der Waals surface area contributed by atoms with Gasteiger partial charge in [0.1, 0.15) is 0 Å². The van der Waals surface area contributed by atoms with E-state index in [2.05, 4.69) is 6.07 Å². The van der Waals surface area contributed by atoms with Crippen LogP contribution >= 0.6 is 0 Å². The average molecular weight is 254 g/mol. The molecule has 0 saturated heterocycles. The van der Waals surface area contributed by atoms with Crippen molar-refractivity contribution in [3.05, 3.63) is 0 Å². The smallest absolute Gasteiger partial charge is 0.225 e. The number of nitrogens with zero attached hydrogens (tertiary/aromatic N) is 2. The molecule has 1 saturated carbocycles. The van der Waals surface area contributed by atoms with E-state index < -0.39 is 0 Å². The third kappa shape index (κ3) is 3.97. The molecule has 0 heterocycles. The summed E-state index contributed by atoms with van der Waals surface area (Å²) < 4.78 is 10.5. The highest BCUT2D eigenvalue weighted by atomic mass is 16.5. The van der Waals surface area contributed by atoms with Gasteiger partial charge in [0.15, 0.2) is 0 Å². The predicted octanol–water partition coefficient (Wildman–Crippen LogP) is 1.33. The lowest BCUT2D eigenvalue weighted by molar-refractivity contribution is -0.144. The van der Waals surface area contributed by atoms with E-state index in [0.29, 0.717) is 32.5 Å². The Morgan fingerprint density at radius 2 is 2.11 bits per heavy atom. The Balaban J connectivity index is 2.49. The van der Waals surface area contributed by atoms with E-state index >= 15 is 0 Å². The lowest BCUT2D eigenvalue weighted by Crippen LogP contribution is -2.46. The number of nitriles is 1. The Bertz CT molecular complexity index is 302. The molecule has 1 rings (SSSR count). The minimum atomic E-state index is -0.255. The van der Waals surface area contributed by atoms with Gasteiger partial charge in [0.2, 0.25) is 5.91 Å². The van der Waals surface area contributed by atoms with Gasteiger partial charge in [0.25, 0.3) is 0 Å². The fourth-order valence-electron chi connectivity index (χ4n) is 2.16. The fraction of sp³-hybridized carbons (Fsp3) is 0.846. The number of ether oxygens (including phenoxy) is 2. The van der Waals surface area contributed by atoms with E-state index in [4.69, 9.17) is 14.7 Å². The van der Waals surface area contributed by atoms with Crippen molar-refractivity contribution in [3.63, 3.8) is 0 Å². The van der Waals surface area contributed by atoms with Crippen LogP contribution < -0.4 is 0 Å². The number of carbonyl (C=O) groups excluding carboxylic acids is 1. The molecular formula is C13H22N2O3. The number of hydrogen-bond donors (Lipinski definition) is 0. The minimum Gasteiger partial charge on any atom is -0.383 e. The van der Waals surface area contributed by atoms with Crippen molar-refractivity contribution >= 4 is 5.91 Å². The zero-order chi connectivity index (χ0) is 13.4. The highest BCUT2D eigenvalue weighted by Crippen LogP contribution is 2.38. The Morgan fingerprint density at radius 3 is 2.56 bits per heavy atom. The molecule has 0 atom stereocenters. The van der Waals surface area contributed by atoms with Gasteiger partial charge in [0.05, 0.1) is 31.1 Å². The zero-order valence-electron chi connectivity index (χ0n) is 11.3. The first-order valence-electron chi connectivity index (χ1n) is 6.36. The second kappa shape index (κ2) is 7.34. The maximum atomic E-state index is 12.2. The van der Waals surface area contributed by atoms with E-state index in [0.717, 1.165) is 19.3 Å². The van der Waals surface area contributed by atoms with Crippen molar-refractivity contribution in [1.82, 2.24) is 4.90 Å². The van der Waals surface area contributed by atoms with Crippen LogP contribution in [0.2, 0.25) is 0 Å². The summed E-state index contributed by atoms with van der Waals surface area (Å²) in [5.74, 6) is 0.0591. The second-order valence-electron chi connectivity index (χ2n) is 4.70. The predicted molar refractivity (Wildman–Crippen MR) is 66.9 cm³/mol. The van der Waals surface area contributed by atoms with Crippen LogP contribution in [0, 0.1) is 11.3 Å². The van der Waals surface area contributed by atoms with Gasteiger partial charge >= 0.3 is 0 Å². The van der Waals surface area contributed by atoms with E-state index in [1.54, 1.807) is 19.1 Å². The van der Waals surface area contributed by atoms with Crippen molar-refractivity contribution < 1.29 is 14.3 Å². The topological polar surface area (TPSA) is 62.6 Å². The van der Waals surface area contributed by atoms with Crippen molar-refractivity contribution in [1.29, 1.82) is 5.26 Å². The quantitative estimate of drug-likeness (QED) is 0.655. The summed E-state index contributed by atoms with van der Waals surface area (Å²) in [6.07, 6.45) is 3.79. The van der Waals surface area contributed by atoms with Crippen LogP contribution in [0.3, 0.4) is 0 Å². The third-order valence-corrected chi connectivity index (χ3v) is 3.58. The Hall–Kier alpha value is -1.12. The zero-order valence-corrected chi connectivity index (χ0v) is 11.3. The molecule has 0 aromatic heterocycles. The maximum absolute atomic E-state index is 12.2. The first-order valence-corrected chi connectivity index (χ1v) is 6.36. The monoisotopic (exact) mass is 254 g/mol. The van der Waals surface area contributed by atoms with E-state index in [1.165, 1.54) is 0 Å². The Kier molecular flexibility index (Phi) is 6.10. The van der Waals surface area contributed by atoms with Crippen molar-refractivity contribution in [2.75, 3.05) is 33.9 Å². The van der Waals surface area contributed by atoms with Gasteiger partial charge in [-0.2, -0.15) is 5.26 Å². The van der Waals surface area contributed by atoms with Crippen LogP contribution in [-0.2, 0) is 14.3 Å². The van der Waals surface area contributed by atoms with Crippen LogP contribution in [0.25, 0.3) is 0 Å². The van der Waals surface area contributed by atoms with Crippen LogP contribution in [0.15, 0.2) is 0 Å². The van der Waals surface area contributed by atoms with Gasteiger partial charge in [-0.05, 0) is 19.3 Å². The van der Waals surface area contributed by atoms with E-state index in [-0.39, 0.29) is 11.5 Å². The van der Waals surface area contributed by atoms with Crippen LogP contribution in [-0.4, -0.2) is 50.3 Å². The summed E-state index contributed by atoms with van der Waals surface area (Å²) in [5, 5.41) is 8.61. The minimum absolute atomic E-state index is 0.0591. The first-order chi connectivity index (χ1) is 8.67. The summed E-state index contributed by atoms with van der Waals surface area (Å²) in [4.78, 5) is 13.9. The molecule has 18 heavy (non-hydrogen) atoms. The number of methoxy groups -OCH3 is 2. The van der Waals surface area contributed by atoms with Crippen molar-refractivity contribution in [2.45, 2.75) is 37.7 Å². The molecule has 5 nitrogen and oxygen atoms in total. The van der Waals surface area contributed by atoms with Gasteiger partial charge in [-0.1, -0.05) is 0 Å². The molecular weight excluding hydrogens is 232 g/mol. The van der Waals surface area contributed by atoms with Crippen molar-refractivity contribution in [2.24, 2.45) is 0 Å². The summed E-state index contributed by atoms with van der Waals surface area (Å²) in [7, 11) is 3.27. The van der Waals surface area contributed by atoms with E-state index in [9.17, 15) is 4.79 Å². The van der Waals surface area contributed by atoms with Gasteiger partial charge in [-0.3, -0.25) is 4.79 Å². The molecule has 0 unspecified atom stereocenters. The standard InChI is InChI=1S/C13H22N2O3/c1-17-10-9-15(8-4-7-14)12(16)11-13(18-2)5-3-6-13/h3-6,8-11H2,1-2H3. The first kappa shape index (κ1) is 14.9. The SMILES string of the molecule is COCCN(CCC#N)C(=O)CC1(OC)CCC1. The highest BCUT2D eigenvalue weighted by Gasteiger charge is 2.39. The molecule has 0 spiro atoms. The summed E-state index contributed by atoms with van der Waals surface area (Å²) in [6.45, 7) is 1.51. The molecule has 0 aliphatic heterocycles. The second-order valence-corrected chi connectivity index (χ2v) is 4.70. The molecule has 0 N–H and O–H groups in total. The Labute approximate surface area is 109 Å². The molecule has 1 amide bonds. The lowest BCUT2D eigenvalue weighted by Gasteiger charge is -2.41. The molecule has 0 radical (unpaired) electrons. The average Bonchev–Trinajstić information content (AvgIpc) is 2.33. The number of carbonyl (C=O) groups is 1. The molecule has 5 heteroatoms. The van der Waals surface area contributed by atoms with Crippen molar-refractivity contribution in [3.8, 4) is 6.07 Å². The molecule has 1 aliphatic rings. The Morgan fingerprint density at radius 1 is 1.39 bits per heavy atom. The number of rotatable bonds is 8.